The standard InChI is InChI=1S/C19H22N4O3S/c1-11-6-12(2)8-14(7-11)23-10-13(9-16(23)24)18-21-22-19(27-18)20-17(25)15-4-3-5-26-15/h6-8,13,15H,3-5,9-10H2,1-2H3,(H,20,22,25). The number of amides is 2. The van der Waals surface area contributed by atoms with Gasteiger partial charge in [0.1, 0.15) is 11.1 Å². The smallest absolute Gasteiger partial charge is 0.255 e. The summed E-state index contributed by atoms with van der Waals surface area (Å²) < 4.78 is 5.38. The zero-order valence-corrected chi connectivity index (χ0v) is 16.2. The molecule has 0 spiro atoms. The fourth-order valence-electron chi connectivity index (χ4n) is 3.65. The summed E-state index contributed by atoms with van der Waals surface area (Å²) >= 11 is 1.33. The third-order valence-electron chi connectivity index (χ3n) is 4.89. The Bertz CT molecular complexity index is 855. The molecule has 2 aliphatic heterocycles. The van der Waals surface area contributed by atoms with Gasteiger partial charge < -0.3 is 9.64 Å². The van der Waals surface area contributed by atoms with E-state index in [4.69, 9.17) is 4.74 Å². The van der Waals surface area contributed by atoms with E-state index in [1.54, 1.807) is 0 Å². The zero-order chi connectivity index (χ0) is 19.0. The van der Waals surface area contributed by atoms with Gasteiger partial charge in [-0.2, -0.15) is 0 Å². The number of ether oxygens (including phenoxy) is 1. The normalized spacial score (nSPS) is 22.4. The van der Waals surface area contributed by atoms with Crippen molar-refractivity contribution in [1.82, 2.24) is 10.2 Å². The van der Waals surface area contributed by atoms with Gasteiger partial charge in [0, 0.05) is 31.2 Å². The Balaban J connectivity index is 1.44. The Morgan fingerprint density at radius 2 is 2.04 bits per heavy atom. The Labute approximate surface area is 161 Å². The van der Waals surface area contributed by atoms with Gasteiger partial charge in [-0.05, 0) is 49.9 Å². The number of rotatable bonds is 4. The Morgan fingerprint density at radius 3 is 2.74 bits per heavy atom. The molecule has 2 unspecified atom stereocenters. The molecular formula is C19H22N4O3S. The van der Waals surface area contributed by atoms with Gasteiger partial charge in [-0.25, -0.2) is 0 Å². The molecule has 4 rings (SSSR count). The lowest BCUT2D eigenvalue weighted by molar-refractivity contribution is -0.124. The highest BCUT2D eigenvalue weighted by Gasteiger charge is 2.34. The van der Waals surface area contributed by atoms with Crippen molar-refractivity contribution in [1.29, 1.82) is 0 Å². The first-order valence-corrected chi connectivity index (χ1v) is 9.96. The Kier molecular flexibility index (Phi) is 4.92. The van der Waals surface area contributed by atoms with Crippen molar-refractivity contribution in [2.24, 2.45) is 0 Å². The highest BCUT2D eigenvalue weighted by atomic mass is 32.1. The summed E-state index contributed by atoms with van der Waals surface area (Å²) in [7, 11) is 0. The van der Waals surface area contributed by atoms with Crippen LogP contribution in [0.5, 0.6) is 0 Å². The molecule has 1 N–H and O–H groups in total. The van der Waals surface area contributed by atoms with Crippen LogP contribution in [0.1, 0.15) is 41.3 Å². The fourth-order valence-corrected chi connectivity index (χ4v) is 4.49. The van der Waals surface area contributed by atoms with E-state index in [9.17, 15) is 9.59 Å². The van der Waals surface area contributed by atoms with Crippen molar-refractivity contribution < 1.29 is 14.3 Å². The van der Waals surface area contributed by atoms with Crippen molar-refractivity contribution >= 4 is 34.0 Å². The van der Waals surface area contributed by atoms with Crippen molar-refractivity contribution in [3.05, 3.63) is 34.3 Å². The van der Waals surface area contributed by atoms with Crippen molar-refractivity contribution in [2.75, 3.05) is 23.4 Å². The van der Waals surface area contributed by atoms with Crippen LogP contribution < -0.4 is 10.2 Å². The average molecular weight is 386 g/mol. The monoisotopic (exact) mass is 386 g/mol. The largest absolute Gasteiger partial charge is 0.368 e. The molecule has 2 amide bonds. The van der Waals surface area contributed by atoms with E-state index in [1.165, 1.54) is 11.3 Å². The summed E-state index contributed by atoms with van der Waals surface area (Å²) in [5.41, 5.74) is 3.20. The molecule has 2 aliphatic rings. The van der Waals surface area contributed by atoms with Crippen LogP contribution in [-0.2, 0) is 14.3 Å². The minimum atomic E-state index is -0.398. The highest BCUT2D eigenvalue weighted by molar-refractivity contribution is 7.15. The molecule has 27 heavy (non-hydrogen) atoms. The SMILES string of the molecule is Cc1cc(C)cc(N2CC(c3nnc(NC(=O)C4CCCO4)s3)CC2=O)c1. The number of nitrogens with one attached hydrogen (secondary N) is 1. The van der Waals surface area contributed by atoms with Crippen LogP contribution in [0.3, 0.4) is 0 Å². The van der Waals surface area contributed by atoms with Gasteiger partial charge in [0.05, 0.1) is 0 Å². The Morgan fingerprint density at radius 1 is 1.26 bits per heavy atom. The lowest BCUT2D eigenvalue weighted by atomic mass is 10.1. The summed E-state index contributed by atoms with van der Waals surface area (Å²) in [5, 5.41) is 12.3. The van der Waals surface area contributed by atoms with E-state index in [-0.39, 0.29) is 17.7 Å². The van der Waals surface area contributed by atoms with E-state index in [0.717, 1.165) is 34.7 Å². The molecule has 142 valence electrons. The number of carbonyl (C=O) groups excluding carboxylic acids is 2. The number of nitrogens with zero attached hydrogens (tertiary/aromatic N) is 3. The zero-order valence-electron chi connectivity index (χ0n) is 15.4. The minimum absolute atomic E-state index is 0.01000. The number of hydrogen-bond acceptors (Lipinski definition) is 6. The lowest BCUT2D eigenvalue weighted by Crippen LogP contribution is -2.26. The summed E-state index contributed by atoms with van der Waals surface area (Å²) in [4.78, 5) is 26.5. The first kappa shape index (κ1) is 18.1. The summed E-state index contributed by atoms with van der Waals surface area (Å²) in [5.74, 6) is -0.0936. The molecule has 0 radical (unpaired) electrons. The molecule has 0 saturated carbocycles. The van der Waals surface area contributed by atoms with Crippen molar-refractivity contribution in [3.8, 4) is 0 Å². The van der Waals surface area contributed by atoms with Gasteiger partial charge >= 0.3 is 0 Å². The van der Waals surface area contributed by atoms with Crippen molar-refractivity contribution in [2.45, 2.75) is 45.1 Å². The molecular weight excluding hydrogens is 364 g/mol. The van der Waals surface area contributed by atoms with E-state index < -0.39 is 6.10 Å². The molecule has 1 aromatic carbocycles. The van der Waals surface area contributed by atoms with Crippen LogP contribution in [0.15, 0.2) is 18.2 Å². The second-order valence-electron chi connectivity index (χ2n) is 7.19. The topological polar surface area (TPSA) is 84.4 Å². The minimum Gasteiger partial charge on any atom is -0.368 e. The van der Waals surface area contributed by atoms with Gasteiger partial charge in [-0.15, -0.1) is 10.2 Å². The number of anilines is 2. The maximum absolute atomic E-state index is 12.5. The predicted octanol–water partition coefficient (Wildman–Crippen LogP) is 2.79. The van der Waals surface area contributed by atoms with E-state index in [2.05, 4.69) is 21.6 Å². The molecule has 2 atom stereocenters. The van der Waals surface area contributed by atoms with E-state index >= 15 is 0 Å². The predicted molar refractivity (Wildman–Crippen MR) is 103 cm³/mol. The van der Waals surface area contributed by atoms with Crippen LogP contribution in [0, 0.1) is 13.8 Å². The van der Waals surface area contributed by atoms with Gasteiger partial charge in [0.2, 0.25) is 11.0 Å². The number of carbonyl (C=O) groups is 2. The summed E-state index contributed by atoms with van der Waals surface area (Å²) in [6.07, 6.45) is 1.64. The van der Waals surface area contributed by atoms with Crippen LogP contribution in [0.4, 0.5) is 10.8 Å². The number of aryl methyl sites for hydroxylation is 2. The molecule has 2 saturated heterocycles. The van der Waals surface area contributed by atoms with E-state index in [1.807, 2.05) is 30.9 Å². The number of hydrogen-bond donors (Lipinski definition) is 1. The Hall–Kier alpha value is -2.32. The maximum atomic E-state index is 12.5. The molecule has 2 fully saturated rings. The second-order valence-corrected chi connectivity index (χ2v) is 8.20. The van der Waals surface area contributed by atoms with Gasteiger partial charge in [-0.3, -0.25) is 14.9 Å². The van der Waals surface area contributed by atoms with Crippen LogP contribution in [-0.4, -0.2) is 41.3 Å². The molecule has 2 aromatic rings. The van der Waals surface area contributed by atoms with Crippen LogP contribution in [0.2, 0.25) is 0 Å². The molecule has 8 heteroatoms. The van der Waals surface area contributed by atoms with Crippen LogP contribution >= 0.6 is 11.3 Å². The number of benzene rings is 1. The quantitative estimate of drug-likeness (QED) is 0.873. The second kappa shape index (κ2) is 7.36. The molecule has 1 aromatic heterocycles. The average Bonchev–Trinajstić information content (AvgIpc) is 3.34. The summed E-state index contributed by atoms with van der Waals surface area (Å²) in [6.45, 7) is 5.26. The third kappa shape index (κ3) is 3.86. The van der Waals surface area contributed by atoms with Crippen LogP contribution in [0.25, 0.3) is 0 Å². The molecule has 3 heterocycles. The third-order valence-corrected chi connectivity index (χ3v) is 5.89. The maximum Gasteiger partial charge on any atom is 0.255 e. The number of aromatic nitrogens is 2. The molecule has 7 nitrogen and oxygen atoms in total. The molecule has 0 bridgehead atoms. The highest BCUT2D eigenvalue weighted by Crippen LogP contribution is 2.35. The van der Waals surface area contributed by atoms with Gasteiger partial charge in [-0.1, -0.05) is 17.4 Å². The lowest BCUT2D eigenvalue weighted by Gasteiger charge is -2.17. The van der Waals surface area contributed by atoms with Gasteiger partial charge in [0.15, 0.2) is 0 Å². The molecule has 0 aliphatic carbocycles. The van der Waals surface area contributed by atoms with Gasteiger partial charge in [0.25, 0.3) is 5.91 Å². The fraction of sp³-hybridized carbons (Fsp3) is 0.474. The van der Waals surface area contributed by atoms with E-state index in [0.29, 0.717) is 24.7 Å². The van der Waals surface area contributed by atoms with Crippen molar-refractivity contribution in [3.63, 3.8) is 0 Å². The first-order valence-electron chi connectivity index (χ1n) is 9.14. The summed E-state index contributed by atoms with van der Waals surface area (Å²) in [6, 6.07) is 6.15. The first-order chi connectivity index (χ1) is 13.0.